The lowest BCUT2D eigenvalue weighted by molar-refractivity contribution is 0.100. The number of hydrogen-bond donors (Lipinski definition) is 2. The molecule has 3 N–H and O–H groups in total. The van der Waals surface area contributed by atoms with Crippen LogP contribution in [-0.4, -0.2) is 25.2 Å². The Labute approximate surface area is 113 Å². The summed E-state index contributed by atoms with van der Waals surface area (Å²) in [6, 6.07) is 2.17. The average molecular weight is 270 g/mol. The fourth-order valence-electron chi connectivity index (χ4n) is 1.57. The summed E-state index contributed by atoms with van der Waals surface area (Å²) in [5.41, 5.74) is 5.81. The van der Waals surface area contributed by atoms with E-state index in [2.05, 4.69) is 19.2 Å². The van der Waals surface area contributed by atoms with Gasteiger partial charge in [0.05, 0.1) is 12.2 Å². The molecule has 1 aromatic rings. The van der Waals surface area contributed by atoms with Gasteiger partial charge in [0.1, 0.15) is 0 Å². The molecule has 0 bridgehead atoms. The minimum absolute atomic E-state index is 0.323. The van der Waals surface area contributed by atoms with Gasteiger partial charge in [0, 0.05) is 29.5 Å². The summed E-state index contributed by atoms with van der Waals surface area (Å²) >= 11 is 1.55. The molecule has 0 saturated carbocycles. The maximum absolute atomic E-state index is 11.0. The molecule has 4 nitrogen and oxygen atoms in total. The van der Waals surface area contributed by atoms with Crippen LogP contribution in [0.5, 0.6) is 0 Å². The Morgan fingerprint density at radius 1 is 1.56 bits per heavy atom. The van der Waals surface area contributed by atoms with E-state index in [1.807, 2.05) is 13.0 Å². The molecule has 0 aliphatic rings. The van der Waals surface area contributed by atoms with Gasteiger partial charge in [-0.15, -0.1) is 11.3 Å². The number of carbonyl (C=O) groups is 1. The predicted molar refractivity (Wildman–Crippen MR) is 74.8 cm³/mol. The highest BCUT2D eigenvalue weighted by Gasteiger charge is 2.13. The van der Waals surface area contributed by atoms with Crippen molar-refractivity contribution in [3.8, 4) is 0 Å². The van der Waals surface area contributed by atoms with Gasteiger partial charge in [-0.2, -0.15) is 0 Å². The van der Waals surface area contributed by atoms with Crippen LogP contribution in [0.25, 0.3) is 0 Å². The summed E-state index contributed by atoms with van der Waals surface area (Å²) in [5, 5.41) is 5.25. The van der Waals surface area contributed by atoms with Gasteiger partial charge >= 0.3 is 0 Å². The van der Waals surface area contributed by atoms with E-state index in [4.69, 9.17) is 10.5 Å². The number of thiophene rings is 1. The molecule has 1 atom stereocenters. The molecule has 0 spiro atoms. The number of primary amides is 1. The highest BCUT2D eigenvalue weighted by molar-refractivity contribution is 7.10. The molecule has 1 heterocycles. The first kappa shape index (κ1) is 15.1. The standard InChI is InChI=1S/C13H22N2O2S/c1-4-17-7-12(9(2)3)15-6-11-5-10(8-18-11)13(14)16/h5,8-9,12,15H,4,6-7H2,1-3H3,(H2,14,16). The van der Waals surface area contributed by atoms with Crippen LogP contribution in [0, 0.1) is 5.92 Å². The van der Waals surface area contributed by atoms with Crippen LogP contribution >= 0.6 is 11.3 Å². The van der Waals surface area contributed by atoms with Crippen molar-refractivity contribution in [3.05, 3.63) is 21.9 Å². The number of ether oxygens (including phenoxy) is 1. The lowest BCUT2D eigenvalue weighted by Gasteiger charge is -2.21. The van der Waals surface area contributed by atoms with Crippen LogP contribution in [-0.2, 0) is 11.3 Å². The van der Waals surface area contributed by atoms with Crippen molar-refractivity contribution in [2.45, 2.75) is 33.4 Å². The Kier molecular flexibility index (Phi) is 6.32. The number of carbonyl (C=O) groups excluding carboxylic acids is 1. The molecule has 0 aliphatic carbocycles. The van der Waals surface area contributed by atoms with Crippen molar-refractivity contribution >= 4 is 17.2 Å². The first-order valence-electron chi connectivity index (χ1n) is 6.23. The van der Waals surface area contributed by atoms with Crippen molar-refractivity contribution in [1.29, 1.82) is 0 Å². The molecule has 0 fully saturated rings. The average Bonchev–Trinajstić information content (AvgIpc) is 2.77. The van der Waals surface area contributed by atoms with E-state index in [1.54, 1.807) is 16.7 Å². The zero-order valence-electron chi connectivity index (χ0n) is 11.2. The summed E-state index contributed by atoms with van der Waals surface area (Å²) in [6.45, 7) is 8.52. The summed E-state index contributed by atoms with van der Waals surface area (Å²) in [7, 11) is 0. The largest absolute Gasteiger partial charge is 0.380 e. The van der Waals surface area contributed by atoms with Crippen LogP contribution in [0.3, 0.4) is 0 Å². The lowest BCUT2D eigenvalue weighted by Crippen LogP contribution is -2.37. The summed E-state index contributed by atoms with van der Waals surface area (Å²) in [5.74, 6) is 0.138. The second-order valence-electron chi connectivity index (χ2n) is 4.56. The SMILES string of the molecule is CCOCC(NCc1cc(C(N)=O)cs1)C(C)C. The number of nitrogens with one attached hydrogen (secondary N) is 1. The monoisotopic (exact) mass is 270 g/mol. The van der Waals surface area contributed by atoms with Crippen molar-refractivity contribution in [1.82, 2.24) is 5.32 Å². The van der Waals surface area contributed by atoms with Crippen LogP contribution < -0.4 is 11.1 Å². The van der Waals surface area contributed by atoms with Crippen molar-refractivity contribution in [2.24, 2.45) is 11.7 Å². The highest BCUT2D eigenvalue weighted by atomic mass is 32.1. The van der Waals surface area contributed by atoms with Crippen LogP contribution in [0.15, 0.2) is 11.4 Å². The van der Waals surface area contributed by atoms with Gasteiger partial charge in [0.2, 0.25) is 5.91 Å². The highest BCUT2D eigenvalue weighted by Crippen LogP contribution is 2.15. The molecule has 1 amide bonds. The predicted octanol–water partition coefficient (Wildman–Crippen LogP) is 2.00. The maximum atomic E-state index is 11.0. The third kappa shape index (κ3) is 4.76. The molecule has 1 rings (SSSR count). The molecule has 1 unspecified atom stereocenters. The topological polar surface area (TPSA) is 64.3 Å². The zero-order valence-corrected chi connectivity index (χ0v) is 12.0. The van der Waals surface area contributed by atoms with Crippen LogP contribution in [0.2, 0.25) is 0 Å². The first-order chi connectivity index (χ1) is 8.54. The van der Waals surface area contributed by atoms with Gasteiger partial charge in [-0.1, -0.05) is 13.8 Å². The molecule has 18 heavy (non-hydrogen) atoms. The van der Waals surface area contributed by atoms with E-state index in [0.29, 0.717) is 24.1 Å². The molecule has 0 aromatic carbocycles. The van der Waals surface area contributed by atoms with E-state index < -0.39 is 0 Å². The third-order valence-electron chi connectivity index (χ3n) is 2.78. The summed E-state index contributed by atoms with van der Waals surface area (Å²) in [4.78, 5) is 12.1. The fourth-order valence-corrected chi connectivity index (χ4v) is 2.39. The minimum atomic E-state index is -0.368. The number of hydrogen-bond acceptors (Lipinski definition) is 4. The van der Waals surface area contributed by atoms with Crippen LogP contribution in [0.4, 0.5) is 0 Å². The molecule has 5 heteroatoms. The van der Waals surface area contributed by atoms with Gasteiger partial charge in [-0.3, -0.25) is 4.79 Å². The molecule has 0 aliphatic heterocycles. The minimum Gasteiger partial charge on any atom is -0.380 e. The quantitative estimate of drug-likeness (QED) is 0.759. The molecular weight excluding hydrogens is 248 g/mol. The number of nitrogens with two attached hydrogens (primary N) is 1. The zero-order chi connectivity index (χ0) is 13.5. The van der Waals surface area contributed by atoms with Crippen molar-refractivity contribution in [2.75, 3.05) is 13.2 Å². The smallest absolute Gasteiger partial charge is 0.249 e. The lowest BCUT2D eigenvalue weighted by atomic mass is 10.1. The maximum Gasteiger partial charge on any atom is 0.249 e. The van der Waals surface area contributed by atoms with Crippen molar-refractivity contribution in [3.63, 3.8) is 0 Å². The Hall–Kier alpha value is -0.910. The van der Waals surface area contributed by atoms with Gasteiger partial charge in [-0.25, -0.2) is 0 Å². The summed E-state index contributed by atoms with van der Waals surface area (Å²) < 4.78 is 5.46. The molecular formula is C13H22N2O2S. The molecule has 0 radical (unpaired) electrons. The molecule has 0 saturated heterocycles. The third-order valence-corrected chi connectivity index (χ3v) is 3.72. The van der Waals surface area contributed by atoms with Gasteiger partial charge in [0.25, 0.3) is 0 Å². The number of rotatable bonds is 8. The van der Waals surface area contributed by atoms with E-state index in [0.717, 1.165) is 18.0 Å². The Morgan fingerprint density at radius 3 is 2.78 bits per heavy atom. The second-order valence-corrected chi connectivity index (χ2v) is 5.55. The Balaban J connectivity index is 2.47. The molecule has 1 aromatic heterocycles. The first-order valence-corrected chi connectivity index (χ1v) is 7.10. The Morgan fingerprint density at radius 2 is 2.28 bits per heavy atom. The summed E-state index contributed by atoms with van der Waals surface area (Å²) in [6.07, 6.45) is 0. The van der Waals surface area contributed by atoms with Crippen LogP contribution in [0.1, 0.15) is 36.0 Å². The van der Waals surface area contributed by atoms with E-state index in [-0.39, 0.29) is 5.91 Å². The number of amides is 1. The Bertz CT molecular complexity index is 377. The normalized spacial score (nSPS) is 12.9. The second kappa shape index (κ2) is 7.51. The van der Waals surface area contributed by atoms with Gasteiger partial charge in [-0.05, 0) is 18.9 Å². The van der Waals surface area contributed by atoms with E-state index in [1.165, 1.54) is 0 Å². The molecule has 102 valence electrons. The van der Waals surface area contributed by atoms with E-state index in [9.17, 15) is 4.79 Å². The van der Waals surface area contributed by atoms with Gasteiger partial charge < -0.3 is 15.8 Å². The van der Waals surface area contributed by atoms with Gasteiger partial charge in [0.15, 0.2) is 0 Å². The van der Waals surface area contributed by atoms with E-state index >= 15 is 0 Å². The van der Waals surface area contributed by atoms with Crippen molar-refractivity contribution < 1.29 is 9.53 Å². The fraction of sp³-hybridized carbons (Fsp3) is 0.615.